The molecule has 2 N–H and O–H groups in total. The monoisotopic (exact) mass is 398 g/mol. The van der Waals surface area contributed by atoms with E-state index < -0.39 is 0 Å². The van der Waals surface area contributed by atoms with Gasteiger partial charge < -0.3 is 10.6 Å². The third-order valence-electron chi connectivity index (χ3n) is 6.08. The third kappa shape index (κ3) is 4.80. The second-order valence-corrected chi connectivity index (χ2v) is 8.15. The Bertz CT molecular complexity index is 960. The molecule has 1 amide bonds. The average molecular weight is 399 g/mol. The van der Waals surface area contributed by atoms with Gasteiger partial charge in [-0.05, 0) is 60.2 Å². The molecular weight excluding hydrogens is 368 g/mol. The predicted molar refractivity (Wildman–Crippen MR) is 125 cm³/mol. The fourth-order valence-corrected chi connectivity index (χ4v) is 4.04. The van der Waals surface area contributed by atoms with Gasteiger partial charge in [-0.15, -0.1) is 0 Å². The zero-order valence-electron chi connectivity index (χ0n) is 17.8. The summed E-state index contributed by atoms with van der Waals surface area (Å²) in [5.41, 5.74) is 5.11. The Balaban J connectivity index is 1.34. The SMILES string of the molecule is CCC(CC)N[C@@H]1C[C@H]1c1ccc(NC(=O)c2ccc(-c3ccccc3)cc2)cc1. The van der Waals surface area contributed by atoms with Gasteiger partial charge in [0.25, 0.3) is 5.91 Å². The number of carbonyl (C=O) groups excluding carboxylic acids is 1. The first-order valence-electron chi connectivity index (χ1n) is 11.0. The largest absolute Gasteiger partial charge is 0.322 e. The van der Waals surface area contributed by atoms with Crippen molar-refractivity contribution in [2.24, 2.45) is 0 Å². The number of nitrogens with one attached hydrogen (secondary N) is 2. The van der Waals surface area contributed by atoms with Crippen LogP contribution in [0.3, 0.4) is 0 Å². The molecule has 154 valence electrons. The minimum absolute atomic E-state index is 0.0814. The highest BCUT2D eigenvalue weighted by molar-refractivity contribution is 6.04. The fraction of sp³-hybridized carbons (Fsp3) is 0.296. The number of carbonyl (C=O) groups is 1. The lowest BCUT2D eigenvalue weighted by Gasteiger charge is -2.14. The highest BCUT2D eigenvalue weighted by Crippen LogP contribution is 2.41. The summed E-state index contributed by atoms with van der Waals surface area (Å²) in [4.78, 5) is 12.6. The van der Waals surface area contributed by atoms with Crippen LogP contribution in [0.25, 0.3) is 11.1 Å². The molecule has 0 unspecified atom stereocenters. The van der Waals surface area contributed by atoms with Crippen molar-refractivity contribution in [3.63, 3.8) is 0 Å². The smallest absolute Gasteiger partial charge is 0.255 e. The molecule has 1 aliphatic rings. The first-order chi connectivity index (χ1) is 14.7. The fourth-order valence-electron chi connectivity index (χ4n) is 4.04. The molecule has 0 heterocycles. The Hall–Kier alpha value is -2.91. The van der Waals surface area contributed by atoms with Gasteiger partial charge in [0, 0.05) is 29.3 Å². The second kappa shape index (κ2) is 9.27. The molecule has 30 heavy (non-hydrogen) atoms. The normalized spacial score (nSPS) is 17.7. The van der Waals surface area contributed by atoms with E-state index in [4.69, 9.17) is 0 Å². The molecule has 0 aliphatic heterocycles. The van der Waals surface area contributed by atoms with Crippen molar-refractivity contribution in [3.05, 3.63) is 90.0 Å². The average Bonchev–Trinajstić information content (AvgIpc) is 3.58. The van der Waals surface area contributed by atoms with Gasteiger partial charge in [-0.2, -0.15) is 0 Å². The summed E-state index contributed by atoms with van der Waals surface area (Å²) in [7, 11) is 0. The molecule has 0 aromatic heterocycles. The zero-order chi connectivity index (χ0) is 20.9. The Morgan fingerprint density at radius 3 is 2.13 bits per heavy atom. The lowest BCUT2D eigenvalue weighted by molar-refractivity contribution is 0.102. The molecule has 0 saturated heterocycles. The first-order valence-corrected chi connectivity index (χ1v) is 11.0. The van der Waals surface area contributed by atoms with Gasteiger partial charge in [-0.25, -0.2) is 0 Å². The van der Waals surface area contributed by atoms with Crippen molar-refractivity contribution < 1.29 is 4.79 Å². The maximum Gasteiger partial charge on any atom is 0.255 e. The lowest BCUT2D eigenvalue weighted by atomic mass is 10.0. The summed E-state index contributed by atoms with van der Waals surface area (Å²) in [5, 5.41) is 6.76. The number of rotatable bonds is 8. The summed E-state index contributed by atoms with van der Waals surface area (Å²) in [6, 6.07) is 27.5. The van der Waals surface area contributed by atoms with Gasteiger partial charge in [-0.1, -0.05) is 68.4 Å². The summed E-state index contributed by atoms with van der Waals surface area (Å²) in [6.45, 7) is 4.48. The van der Waals surface area contributed by atoms with E-state index in [1.54, 1.807) is 0 Å². The van der Waals surface area contributed by atoms with Crippen LogP contribution in [0.15, 0.2) is 78.9 Å². The third-order valence-corrected chi connectivity index (χ3v) is 6.08. The van der Waals surface area contributed by atoms with Gasteiger partial charge in [0.15, 0.2) is 0 Å². The Morgan fingerprint density at radius 2 is 1.50 bits per heavy atom. The van der Waals surface area contributed by atoms with Crippen LogP contribution in [0, 0.1) is 0 Å². The predicted octanol–water partition coefficient (Wildman–Crippen LogP) is 6.24. The minimum Gasteiger partial charge on any atom is -0.322 e. The lowest BCUT2D eigenvalue weighted by Crippen LogP contribution is -2.30. The van der Waals surface area contributed by atoms with Crippen molar-refractivity contribution in [1.82, 2.24) is 5.32 Å². The van der Waals surface area contributed by atoms with Gasteiger partial charge >= 0.3 is 0 Å². The van der Waals surface area contributed by atoms with E-state index in [0.717, 1.165) is 16.8 Å². The highest BCUT2D eigenvalue weighted by atomic mass is 16.1. The van der Waals surface area contributed by atoms with E-state index >= 15 is 0 Å². The zero-order valence-corrected chi connectivity index (χ0v) is 17.8. The van der Waals surface area contributed by atoms with Crippen LogP contribution in [0.2, 0.25) is 0 Å². The van der Waals surface area contributed by atoms with E-state index in [9.17, 15) is 4.79 Å². The molecule has 2 atom stereocenters. The molecule has 1 fully saturated rings. The van der Waals surface area contributed by atoms with Crippen LogP contribution < -0.4 is 10.6 Å². The summed E-state index contributed by atoms with van der Waals surface area (Å²) in [6.07, 6.45) is 3.56. The number of benzene rings is 3. The van der Waals surface area contributed by atoms with Crippen LogP contribution in [-0.4, -0.2) is 18.0 Å². The number of hydrogen-bond acceptors (Lipinski definition) is 2. The van der Waals surface area contributed by atoms with Crippen molar-refractivity contribution in [3.8, 4) is 11.1 Å². The topological polar surface area (TPSA) is 41.1 Å². The summed E-state index contributed by atoms with van der Waals surface area (Å²) in [5.74, 6) is 0.517. The molecule has 0 radical (unpaired) electrons. The Morgan fingerprint density at radius 1 is 0.867 bits per heavy atom. The second-order valence-electron chi connectivity index (χ2n) is 8.15. The Kier molecular flexibility index (Phi) is 6.29. The van der Waals surface area contributed by atoms with E-state index in [2.05, 4.69) is 48.7 Å². The van der Waals surface area contributed by atoms with Crippen LogP contribution in [-0.2, 0) is 0 Å². The molecule has 0 bridgehead atoms. The molecular formula is C27H30N2O. The number of amides is 1. The van der Waals surface area contributed by atoms with Crippen molar-refractivity contribution in [1.29, 1.82) is 0 Å². The van der Waals surface area contributed by atoms with Crippen molar-refractivity contribution in [2.45, 2.75) is 51.1 Å². The molecule has 3 aromatic rings. The molecule has 3 heteroatoms. The van der Waals surface area contributed by atoms with E-state index in [0.29, 0.717) is 23.6 Å². The van der Waals surface area contributed by atoms with Crippen molar-refractivity contribution >= 4 is 11.6 Å². The van der Waals surface area contributed by atoms with Crippen LogP contribution in [0.5, 0.6) is 0 Å². The van der Waals surface area contributed by atoms with E-state index in [1.807, 2.05) is 54.6 Å². The van der Waals surface area contributed by atoms with Gasteiger partial charge in [0.2, 0.25) is 0 Å². The molecule has 1 aliphatic carbocycles. The Labute approximate surface area is 179 Å². The number of anilines is 1. The van der Waals surface area contributed by atoms with E-state index in [1.165, 1.54) is 24.8 Å². The van der Waals surface area contributed by atoms with Gasteiger partial charge in [-0.3, -0.25) is 4.79 Å². The van der Waals surface area contributed by atoms with Crippen LogP contribution in [0.1, 0.15) is 54.9 Å². The molecule has 3 nitrogen and oxygen atoms in total. The van der Waals surface area contributed by atoms with Gasteiger partial charge in [0.1, 0.15) is 0 Å². The van der Waals surface area contributed by atoms with Crippen LogP contribution >= 0.6 is 0 Å². The van der Waals surface area contributed by atoms with E-state index in [-0.39, 0.29) is 5.91 Å². The van der Waals surface area contributed by atoms with Crippen molar-refractivity contribution in [2.75, 3.05) is 5.32 Å². The quantitative estimate of drug-likeness (QED) is 0.471. The first kappa shape index (κ1) is 20.4. The molecule has 4 rings (SSSR count). The number of hydrogen-bond donors (Lipinski definition) is 2. The maximum absolute atomic E-state index is 12.6. The molecule has 1 saturated carbocycles. The van der Waals surface area contributed by atoms with Crippen LogP contribution in [0.4, 0.5) is 5.69 Å². The standard InChI is InChI=1S/C27H30N2O/c1-3-23(4-2)28-26-18-25(26)21-14-16-24(17-15-21)29-27(30)22-12-10-20(11-13-22)19-8-6-5-7-9-19/h5-17,23,25-26,28H,3-4,18H2,1-2H3,(H,29,30)/t25-,26+/m0/s1. The van der Waals surface area contributed by atoms with Gasteiger partial charge in [0.05, 0.1) is 0 Å². The molecule has 3 aromatic carbocycles. The highest BCUT2D eigenvalue weighted by Gasteiger charge is 2.38. The summed E-state index contributed by atoms with van der Waals surface area (Å²) >= 11 is 0. The summed E-state index contributed by atoms with van der Waals surface area (Å²) < 4.78 is 0. The minimum atomic E-state index is -0.0814. The maximum atomic E-state index is 12.6. The molecule has 0 spiro atoms.